The van der Waals surface area contributed by atoms with Crippen LogP contribution < -0.4 is 5.32 Å². The van der Waals surface area contributed by atoms with Crippen molar-refractivity contribution in [2.24, 2.45) is 17.8 Å². The molecule has 1 heterocycles. The SMILES string of the molecule is Cc1noc(CNCC2CC3CCC2C3)n1. The molecule has 4 nitrogen and oxygen atoms in total. The Bertz CT molecular complexity index is 363. The molecule has 4 heteroatoms. The Morgan fingerprint density at radius 2 is 2.31 bits per heavy atom. The predicted octanol–water partition coefficient (Wildman–Crippen LogP) is 1.90. The lowest BCUT2D eigenvalue weighted by Crippen LogP contribution is -2.26. The smallest absolute Gasteiger partial charge is 0.240 e. The zero-order valence-corrected chi connectivity index (χ0v) is 9.78. The van der Waals surface area contributed by atoms with Gasteiger partial charge in [0, 0.05) is 0 Å². The Labute approximate surface area is 95.8 Å². The monoisotopic (exact) mass is 221 g/mol. The lowest BCUT2D eigenvalue weighted by Gasteiger charge is -2.21. The summed E-state index contributed by atoms with van der Waals surface area (Å²) in [5.74, 6) is 4.34. The van der Waals surface area contributed by atoms with Crippen molar-refractivity contribution in [3.05, 3.63) is 11.7 Å². The van der Waals surface area contributed by atoms with Crippen LogP contribution in [0.4, 0.5) is 0 Å². The highest BCUT2D eigenvalue weighted by Gasteiger charge is 2.38. The van der Waals surface area contributed by atoms with E-state index in [9.17, 15) is 0 Å². The Balaban J connectivity index is 1.44. The van der Waals surface area contributed by atoms with Gasteiger partial charge in [0.1, 0.15) is 0 Å². The maximum atomic E-state index is 5.07. The number of nitrogens with one attached hydrogen (secondary N) is 1. The summed E-state index contributed by atoms with van der Waals surface area (Å²) in [6, 6.07) is 0. The first-order chi connectivity index (χ1) is 7.81. The molecule has 2 aliphatic carbocycles. The van der Waals surface area contributed by atoms with Crippen molar-refractivity contribution in [3.63, 3.8) is 0 Å². The van der Waals surface area contributed by atoms with Crippen molar-refractivity contribution < 1.29 is 4.52 Å². The fourth-order valence-corrected chi connectivity index (χ4v) is 3.40. The molecule has 1 aromatic rings. The van der Waals surface area contributed by atoms with Crippen LogP contribution in [-0.2, 0) is 6.54 Å². The minimum atomic E-state index is 0.709. The van der Waals surface area contributed by atoms with Crippen LogP contribution in [-0.4, -0.2) is 16.7 Å². The highest BCUT2D eigenvalue weighted by Crippen LogP contribution is 2.47. The van der Waals surface area contributed by atoms with Crippen molar-refractivity contribution in [2.45, 2.75) is 39.2 Å². The molecule has 16 heavy (non-hydrogen) atoms. The van der Waals surface area contributed by atoms with E-state index in [-0.39, 0.29) is 0 Å². The number of aryl methyl sites for hydroxylation is 1. The fraction of sp³-hybridized carbons (Fsp3) is 0.833. The van der Waals surface area contributed by atoms with Crippen molar-refractivity contribution in [2.75, 3.05) is 6.54 Å². The first-order valence-electron chi connectivity index (χ1n) is 6.31. The summed E-state index contributed by atoms with van der Waals surface area (Å²) in [5, 5.41) is 7.22. The van der Waals surface area contributed by atoms with Crippen LogP contribution in [0, 0.1) is 24.7 Å². The summed E-state index contributed by atoms with van der Waals surface area (Å²) < 4.78 is 5.07. The molecule has 88 valence electrons. The number of rotatable bonds is 4. The van der Waals surface area contributed by atoms with Gasteiger partial charge in [0.15, 0.2) is 5.82 Å². The first-order valence-corrected chi connectivity index (χ1v) is 6.31. The van der Waals surface area contributed by atoms with Gasteiger partial charge in [-0.25, -0.2) is 0 Å². The van der Waals surface area contributed by atoms with Gasteiger partial charge in [-0.2, -0.15) is 4.98 Å². The molecule has 1 N–H and O–H groups in total. The Hall–Kier alpha value is -0.900. The molecule has 2 aliphatic rings. The average molecular weight is 221 g/mol. The van der Waals surface area contributed by atoms with E-state index in [0.717, 1.165) is 30.1 Å². The molecular weight excluding hydrogens is 202 g/mol. The van der Waals surface area contributed by atoms with Crippen molar-refractivity contribution in [1.82, 2.24) is 15.5 Å². The summed E-state index contributed by atoms with van der Waals surface area (Å²) in [4.78, 5) is 4.18. The Kier molecular flexibility index (Phi) is 2.67. The summed E-state index contributed by atoms with van der Waals surface area (Å²) in [5.41, 5.74) is 0. The molecule has 1 aromatic heterocycles. The normalized spacial score (nSPS) is 32.4. The summed E-state index contributed by atoms with van der Waals surface area (Å²) in [7, 11) is 0. The highest BCUT2D eigenvalue weighted by atomic mass is 16.5. The van der Waals surface area contributed by atoms with Gasteiger partial charge in [-0.15, -0.1) is 0 Å². The maximum absolute atomic E-state index is 5.07. The van der Waals surface area contributed by atoms with Gasteiger partial charge in [-0.3, -0.25) is 0 Å². The van der Waals surface area contributed by atoms with Gasteiger partial charge in [0.25, 0.3) is 0 Å². The molecule has 0 saturated heterocycles. The lowest BCUT2D eigenvalue weighted by atomic mass is 9.89. The van der Waals surface area contributed by atoms with Crippen LogP contribution >= 0.6 is 0 Å². The van der Waals surface area contributed by atoms with Gasteiger partial charge < -0.3 is 9.84 Å². The van der Waals surface area contributed by atoms with Gasteiger partial charge >= 0.3 is 0 Å². The molecule has 3 atom stereocenters. The molecule has 0 aromatic carbocycles. The molecule has 2 fully saturated rings. The zero-order chi connectivity index (χ0) is 11.0. The van der Waals surface area contributed by atoms with Crippen LogP contribution in [0.5, 0.6) is 0 Å². The van der Waals surface area contributed by atoms with E-state index >= 15 is 0 Å². The van der Waals surface area contributed by atoms with Gasteiger partial charge in [-0.05, 0) is 50.5 Å². The Morgan fingerprint density at radius 1 is 1.38 bits per heavy atom. The average Bonchev–Trinajstić information content (AvgIpc) is 2.94. The summed E-state index contributed by atoms with van der Waals surface area (Å²) >= 11 is 0. The molecule has 2 saturated carbocycles. The molecule has 0 spiro atoms. The minimum absolute atomic E-state index is 0.709. The van der Waals surface area contributed by atoms with Crippen LogP contribution in [0.3, 0.4) is 0 Å². The first kappa shape index (κ1) is 10.3. The second kappa shape index (κ2) is 4.17. The third-order valence-corrected chi connectivity index (χ3v) is 4.14. The van der Waals surface area contributed by atoms with E-state index < -0.39 is 0 Å². The van der Waals surface area contributed by atoms with E-state index in [1.165, 1.54) is 25.7 Å². The van der Waals surface area contributed by atoms with E-state index in [4.69, 9.17) is 4.52 Å². The molecule has 3 rings (SSSR count). The molecule has 3 unspecified atom stereocenters. The van der Waals surface area contributed by atoms with Gasteiger partial charge in [0.05, 0.1) is 6.54 Å². The molecule has 2 bridgehead atoms. The van der Waals surface area contributed by atoms with Crippen molar-refractivity contribution in [3.8, 4) is 0 Å². The number of fused-ring (bicyclic) bond motifs is 2. The van der Waals surface area contributed by atoms with Crippen molar-refractivity contribution >= 4 is 0 Å². The zero-order valence-electron chi connectivity index (χ0n) is 9.78. The number of aromatic nitrogens is 2. The largest absolute Gasteiger partial charge is 0.338 e. The fourth-order valence-electron chi connectivity index (χ4n) is 3.40. The number of hydrogen-bond donors (Lipinski definition) is 1. The van der Waals surface area contributed by atoms with Crippen LogP contribution in [0.2, 0.25) is 0 Å². The van der Waals surface area contributed by atoms with E-state index in [1.54, 1.807) is 0 Å². The van der Waals surface area contributed by atoms with Gasteiger partial charge in [-0.1, -0.05) is 11.6 Å². The second-order valence-electron chi connectivity index (χ2n) is 5.30. The third-order valence-electron chi connectivity index (χ3n) is 4.14. The summed E-state index contributed by atoms with van der Waals surface area (Å²) in [6.45, 7) is 3.68. The minimum Gasteiger partial charge on any atom is -0.338 e. The highest BCUT2D eigenvalue weighted by molar-refractivity contribution is 4.91. The van der Waals surface area contributed by atoms with E-state index in [0.29, 0.717) is 12.4 Å². The number of nitrogens with zero attached hydrogens (tertiary/aromatic N) is 2. The molecular formula is C12H19N3O. The quantitative estimate of drug-likeness (QED) is 0.843. The molecule has 0 radical (unpaired) electrons. The molecule has 0 amide bonds. The van der Waals surface area contributed by atoms with E-state index in [1.807, 2.05) is 6.92 Å². The third kappa shape index (κ3) is 1.98. The lowest BCUT2D eigenvalue weighted by molar-refractivity contribution is 0.306. The second-order valence-corrected chi connectivity index (χ2v) is 5.30. The van der Waals surface area contributed by atoms with Gasteiger partial charge in [0.2, 0.25) is 5.89 Å². The summed E-state index contributed by atoms with van der Waals surface area (Å²) in [6.07, 6.45) is 5.84. The van der Waals surface area contributed by atoms with Crippen LogP contribution in [0.25, 0.3) is 0 Å². The predicted molar refractivity (Wildman–Crippen MR) is 59.7 cm³/mol. The standard InChI is InChI=1S/C12H19N3O/c1-8-14-12(16-15-8)7-13-6-11-5-9-2-3-10(11)4-9/h9-11,13H,2-7H2,1H3. The van der Waals surface area contributed by atoms with Crippen LogP contribution in [0.1, 0.15) is 37.4 Å². The van der Waals surface area contributed by atoms with E-state index in [2.05, 4.69) is 15.5 Å². The Morgan fingerprint density at radius 3 is 2.94 bits per heavy atom. The number of hydrogen-bond acceptors (Lipinski definition) is 4. The van der Waals surface area contributed by atoms with Crippen LogP contribution in [0.15, 0.2) is 4.52 Å². The molecule has 0 aliphatic heterocycles. The van der Waals surface area contributed by atoms with Crippen molar-refractivity contribution in [1.29, 1.82) is 0 Å². The maximum Gasteiger partial charge on any atom is 0.240 e. The topological polar surface area (TPSA) is 51.0 Å².